The largest absolute Gasteiger partial charge is 0.471 e. The maximum atomic E-state index is 11.1. The number of primary amides is 2. The normalized spacial score (nSPS) is 10.4. The summed E-state index contributed by atoms with van der Waals surface area (Å²) in [5.74, 6) is -1.15. The van der Waals surface area contributed by atoms with Crippen molar-refractivity contribution in [2.24, 2.45) is 11.5 Å². The van der Waals surface area contributed by atoms with E-state index >= 15 is 0 Å². The smallest absolute Gasteiger partial charge is 0.253 e. The summed E-state index contributed by atoms with van der Waals surface area (Å²) in [6.07, 6.45) is 5.36. The van der Waals surface area contributed by atoms with Gasteiger partial charge in [0.1, 0.15) is 25.1 Å². The molecule has 0 bridgehead atoms. The van der Waals surface area contributed by atoms with Gasteiger partial charge in [0.25, 0.3) is 11.8 Å². The molecule has 2 amide bonds. The standard InChI is InChI=1S/C10H8N2O4S2/c11-9(13)5-1-15-3-7(5)17-18-8-4-16-2-6(8)10(12)14/h1-4H,(H2,11,13)(H2,12,14). The predicted molar refractivity (Wildman–Crippen MR) is 66.2 cm³/mol. The fourth-order valence-corrected chi connectivity index (χ4v) is 3.31. The van der Waals surface area contributed by atoms with E-state index < -0.39 is 11.8 Å². The van der Waals surface area contributed by atoms with Crippen LogP contribution in [0.15, 0.2) is 43.7 Å². The van der Waals surface area contributed by atoms with Gasteiger partial charge in [0.2, 0.25) is 0 Å². The zero-order valence-electron chi connectivity index (χ0n) is 8.91. The topological polar surface area (TPSA) is 112 Å². The maximum Gasteiger partial charge on any atom is 0.253 e. The molecule has 0 unspecified atom stereocenters. The van der Waals surface area contributed by atoms with Crippen molar-refractivity contribution in [3.63, 3.8) is 0 Å². The number of amides is 2. The lowest BCUT2D eigenvalue weighted by atomic mass is 10.3. The Balaban J connectivity index is 2.12. The SMILES string of the molecule is NC(=O)c1cocc1SSc1cocc1C(N)=O. The monoisotopic (exact) mass is 284 g/mol. The van der Waals surface area contributed by atoms with E-state index in [4.69, 9.17) is 20.3 Å². The molecule has 0 aliphatic carbocycles. The molecule has 0 aromatic carbocycles. The molecular weight excluding hydrogens is 276 g/mol. The predicted octanol–water partition coefficient (Wildman–Crippen LogP) is 1.87. The lowest BCUT2D eigenvalue weighted by Crippen LogP contribution is -2.10. The summed E-state index contributed by atoms with van der Waals surface area (Å²) < 4.78 is 9.81. The highest BCUT2D eigenvalue weighted by Crippen LogP contribution is 2.41. The van der Waals surface area contributed by atoms with Crippen molar-refractivity contribution >= 4 is 33.4 Å². The summed E-state index contributed by atoms with van der Waals surface area (Å²) in [6.45, 7) is 0. The molecule has 0 saturated heterocycles. The average Bonchev–Trinajstić information content (AvgIpc) is 2.94. The summed E-state index contributed by atoms with van der Waals surface area (Å²) in [5, 5.41) is 0. The molecule has 6 nitrogen and oxygen atoms in total. The molecule has 4 N–H and O–H groups in total. The third-order valence-corrected chi connectivity index (χ3v) is 4.41. The Morgan fingerprint density at radius 3 is 1.56 bits per heavy atom. The van der Waals surface area contributed by atoms with E-state index in [0.29, 0.717) is 9.79 Å². The first-order valence-electron chi connectivity index (χ1n) is 4.66. The van der Waals surface area contributed by atoms with Crippen LogP contribution in [0.2, 0.25) is 0 Å². The first kappa shape index (κ1) is 12.7. The minimum Gasteiger partial charge on any atom is -0.471 e. The van der Waals surface area contributed by atoms with Crippen molar-refractivity contribution in [3.05, 3.63) is 36.2 Å². The van der Waals surface area contributed by atoms with E-state index in [1.807, 2.05) is 0 Å². The Kier molecular flexibility index (Phi) is 3.68. The summed E-state index contributed by atoms with van der Waals surface area (Å²) >= 11 is 0. The molecular formula is C10H8N2O4S2. The van der Waals surface area contributed by atoms with Crippen LogP contribution < -0.4 is 11.5 Å². The van der Waals surface area contributed by atoms with Crippen LogP contribution >= 0.6 is 21.6 Å². The molecule has 0 aliphatic rings. The summed E-state index contributed by atoms with van der Waals surface area (Å²) in [4.78, 5) is 23.3. The van der Waals surface area contributed by atoms with Gasteiger partial charge >= 0.3 is 0 Å². The number of carbonyl (C=O) groups is 2. The van der Waals surface area contributed by atoms with Crippen molar-refractivity contribution in [1.29, 1.82) is 0 Å². The van der Waals surface area contributed by atoms with Gasteiger partial charge < -0.3 is 20.3 Å². The summed E-state index contributed by atoms with van der Waals surface area (Å²) in [5.41, 5.74) is 10.9. The van der Waals surface area contributed by atoms with Gasteiger partial charge in [-0.25, -0.2) is 0 Å². The zero-order chi connectivity index (χ0) is 13.1. The third-order valence-electron chi connectivity index (χ3n) is 2.01. The second-order valence-electron chi connectivity index (χ2n) is 3.19. The van der Waals surface area contributed by atoms with Crippen molar-refractivity contribution in [3.8, 4) is 0 Å². The number of carbonyl (C=O) groups excluding carboxylic acids is 2. The van der Waals surface area contributed by atoms with Gasteiger partial charge in [-0.05, 0) is 21.6 Å². The molecule has 0 spiro atoms. The van der Waals surface area contributed by atoms with Gasteiger partial charge in [0.15, 0.2) is 0 Å². The quantitative estimate of drug-likeness (QED) is 0.810. The van der Waals surface area contributed by atoms with Crippen LogP contribution in [-0.2, 0) is 0 Å². The third kappa shape index (κ3) is 2.54. The number of hydrogen-bond donors (Lipinski definition) is 2. The molecule has 94 valence electrons. The number of furan rings is 2. The molecule has 0 radical (unpaired) electrons. The molecule has 2 heterocycles. The van der Waals surface area contributed by atoms with Crippen LogP contribution in [0, 0.1) is 0 Å². The zero-order valence-corrected chi connectivity index (χ0v) is 10.5. The van der Waals surface area contributed by atoms with Crippen LogP contribution in [0.5, 0.6) is 0 Å². The maximum absolute atomic E-state index is 11.1. The fraction of sp³-hybridized carbons (Fsp3) is 0. The molecule has 0 saturated carbocycles. The Hall–Kier alpha value is -1.80. The van der Waals surface area contributed by atoms with Gasteiger partial charge in [-0.1, -0.05) is 0 Å². The highest BCUT2D eigenvalue weighted by molar-refractivity contribution is 8.76. The molecule has 0 aliphatic heterocycles. The average molecular weight is 284 g/mol. The van der Waals surface area contributed by atoms with E-state index in [1.54, 1.807) is 0 Å². The van der Waals surface area contributed by atoms with Crippen LogP contribution in [-0.4, -0.2) is 11.8 Å². The molecule has 18 heavy (non-hydrogen) atoms. The molecule has 0 fully saturated rings. The van der Waals surface area contributed by atoms with Crippen molar-refractivity contribution in [2.75, 3.05) is 0 Å². The second-order valence-corrected chi connectivity index (χ2v) is 5.41. The van der Waals surface area contributed by atoms with E-state index in [0.717, 1.165) is 0 Å². The Morgan fingerprint density at radius 2 is 1.22 bits per heavy atom. The second kappa shape index (κ2) is 5.23. The number of rotatable bonds is 5. The summed E-state index contributed by atoms with van der Waals surface area (Å²) in [6, 6.07) is 0. The number of hydrogen-bond acceptors (Lipinski definition) is 6. The summed E-state index contributed by atoms with van der Waals surface area (Å²) in [7, 11) is 2.45. The molecule has 0 atom stereocenters. The first-order chi connectivity index (χ1) is 8.59. The van der Waals surface area contributed by atoms with Gasteiger partial charge in [-0.15, -0.1) is 0 Å². The Labute approximate surface area is 109 Å². The van der Waals surface area contributed by atoms with Gasteiger partial charge in [-0.2, -0.15) is 0 Å². The van der Waals surface area contributed by atoms with Crippen LogP contribution in [0.4, 0.5) is 0 Å². The van der Waals surface area contributed by atoms with Crippen LogP contribution in [0.1, 0.15) is 20.7 Å². The van der Waals surface area contributed by atoms with Crippen molar-refractivity contribution in [1.82, 2.24) is 0 Å². The van der Waals surface area contributed by atoms with E-state index in [2.05, 4.69) is 0 Å². The molecule has 8 heteroatoms. The van der Waals surface area contributed by atoms with Crippen molar-refractivity contribution in [2.45, 2.75) is 9.79 Å². The fourth-order valence-electron chi connectivity index (χ4n) is 1.15. The minimum absolute atomic E-state index is 0.289. The number of nitrogens with two attached hydrogens (primary N) is 2. The van der Waals surface area contributed by atoms with E-state index in [1.165, 1.54) is 46.6 Å². The van der Waals surface area contributed by atoms with Crippen LogP contribution in [0.25, 0.3) is 0 Å². The Morgan fingerprint density at radius 1 is 0.833 bits per heavy atom. The van der Waals surface area contributed by atoms with Crippen molar-refractivity contribution < 1.29 is 18.4 Å². The van der Waals surface area contributed by atoms with Gasteiger partial charge in [0, 0.05) is 0 Å². The Bertz CT molecular complexity index is 538. The highest BCUT2D eigenvalue weighted by atomic mass is 33.1. The minimum atomic E-state index is -0.575. The highest BCUT2D eigenvalue weighted by Gasteiger charge is 2.15. The molecule has 2 rings (SSSR count). The lowest BCUT2D eigenvalue weighted by molar-refractivity contribution is 0.0988. The lowest BCUT2D eigenvalue weighted by Gasteiger charge is -1.98. The van der Waals surface area contributed by atoms with E-state index in [9.17, 15) is 9.59 Å². The van der Waals surface area contributed by atoms with Crippen LogP contribution in [0.3, 0.4) is 0 Å². The van der Waals surface area contributed by atoms with Gasteiger partial charge in [0.05, 0.1) is 20.9 Å². The van der Waals surface area contributed by atoms with Gasteiger partial charge in [-0.3, -0.25) is 9.59 Å². The molecule has 2 aromatic heterocycles. The first-order valence-corrected chi connectivity index (χ1v) is 6.81. The molecule has 2 aromatic rings. The van der Waals surface area contributed by atoms with E-state index in [-0.39, 0.29) is 11.1 Å².